The standard InChI is InChI=1S/C14H17NO3S/c1-18-14(17)11-8-4-5-9(7-8)12(11)15-13(16)10-3-2-6-19-10/h2-3,6,8-9,11-12H,4-5,7H2,1H3,(H,15,16)/t8-,9-,11+,12-/m0/s1. The second-order valence-corrected chi connectivity index (χ2v) is 6.31. The largest absolute Gasteiger partial charge is 0.469 e. The third kappa shape index (κ3) is 2.16. The molecule has 0 unspecified atom stereocenters. The van der Waals surface area contributed by atoms with Gasteiger partial charge >= 0.3 is 5.97 Å². The van der Waals surface area contributed by atoms with Gasteiger partial charge in [0.15, 0.2) is 0 Å². The Morgan fingerprint density at radius 3 is 2.84 bits per heavy atom. The molecule has 1 aromatic rings. The van der Waals surface area contributed by atoms with Gasteiger partial charge in [-0.25, -0.2) is 0 Å². The van der Waals surface area contributed by atoms with Gasteiger partial charge in [-0.3, -0.25) is 9.59 Å². The molecular formula is C14H17NO3S. The second-order valence-electron chi connectivity index (χ2n) is 5.36. The quantitative estimate of drug-likeness (QED) is 0.862. The maximum absolute atomic E-state index is 12.1. The first-order valence-corrected chi connectivity index (χ1v) is 7.51. The first-order chi connectivity index (χ1) is 9.20. The number of hydrogen-bond donors (Lipinski definition) is 1. The van der Waals surface area contributed by atoms with E-state index in [1.807, 2.05) is 11.4 Å². The highest BCUT2D eigenvalue weighted by atomic mass is 32.1. The molecule has 0 saturated heterocycles. The summed E-state index contributed by atoms with van der Waals surface area (Å²) >= 11 is 1.42. The number of methoxy groups -OCH3 is 1. The SMILES string of the molecule is COC(=O)[C@@H]1[C@H]2CC[C@@H](C2)[C@@H]1NC(=O)c1cccs1. The molecule has 1 heterocycles. The lowest BCUT2D eigenvalue weighted by Crippen LogP contribution is -2.47. The van der Waals surface area contributed by atoms with Crippen LogP contribution in [0.25, 0.3) is 0 Å². The highest BCUT2D eigenvalue weighted by Crippen LogP contribution is 2.49. The highest BCUT2D eigenvalue weighted by molar-refractivity contribution is 7.12. The summed E-state index contributed by atoms with van der Waals surface area (Å²) in [6.45, 7) is 0. The number of nitrogens with one attached hydrogen (secondary N) is 1. The maximum atomic E-state index is 12.1. The van der Waals surface area contributed by atoms with E-state index in [0.29, 0.717) is 16.7 Å². The van der Waals surface area contributed by atoms with Gasteiger partial charge in [0, 0.05) is 6.04 Å². The van der Waals surface area contributed by atoms with Gasteiger partial charge in [-0.15, -0.1) is 11.3 Å². The van der Waals surface area contributed by atoms with Crippen molar-refractivity contribution < 1.29 is 14.3 Å². The van der Waals surface area contributed by atoms with Gasteiger partial charge in [0.2, 0.25) is 0 Å². The minimum atomic E-state index is -0.177. The third-order valence-corrected chi connectivity index (χ3v) is 5.30. The summed E-state index contributed by atoms with van der Waals surface area (Å²) in [7, 11) is 1.42. The molecule has 5 heteroatoms. The summed E-state index contributed by atoms with van der Waals surface area (Å²) in [5.74, 6) is 0.405. The molecule has 102 valence electrons. The Labute approximate surface area is 116 Å². The van der Waals surface area contributed by atoms with Crippen LogP contribution < -0.4 is 5.32 Å². The van der Waals surface area contributed by atoms with E-state index in [2.05, 4.69) is 5.32 Å². The van der Waals surface area contributed by atoms with Crippen LogP contribution in [0.4, 0.5) is 0 Å². The lowest BCUT2D eigenvalue weighted by atomic mass is 9.84. The summed E-state index contributed by atoms with van der Waals surface area (Å²) < 4.78 is 4.90. The van der Waals surface area contributed by atoms with Crippen molar-refractivity contribution >= 4 is 23.2 Å². The fraction of sp³-hybridized carbons (Fsp3) is 0.571. The third-order valence-electron chi connectivity index (χ3n) is 4.43. The van der Waals surface area contributed by atoms with Crippen molar-refractivity contribution in [3.8, 4) is 0 Å². The van der Waals surface area contributed by atoms with Crippen LogP contribution in [0.3, 0.4) is 0 Å². The average Bonchev–Trinajstić information content (AvgIpc) is 3.13. The first-order valence-electron chi connectivity index (χ1n) is 6.63. The fourth-order valence-corrected chi connectivity index (χ4v) is 4.23. The topological polar surface area (TPSA) is 55.4 Å². The molecule has 2 aliphatic rings. The van der Waals surface area contributed by atoms with Crippen LogP contribution in [0, 0.1) is 17.8 Å². The monoisotopic (exact) mass is 279 g/mol. The molecule has 2 bridgehead atoms. The normalized spacial score (nSPS) is 32.3. The summed E-state index contributed by atoms with van der Waals surface area (Å²) in [6, 6.07) is 3.61. The molecule has 19 heavy (non-hydrogen) atoms. The Kier molecular flexibility index (Phi) is 3.31. The summed E-state index contributed by atoms with van der Waals surface area (Å²) in [4.78, 5) is 24.8. The summed E-state index contributed by atoms with van der Waals surface area (Å²) in [5.41, 5.74) is 0. The van der Waals surface area contributed by atoms with Gasteiger partial charge in [0.05, 0.1) is 17.9 Å². The van der Waals surface area contributed by atoms with Gasteiger partial charge in [-0.1, -0.05) is 6.07 Å². The first kappa shape index (κ1) is 12.7. The van der Waals surface area contributed by atoms with Crippen LogP contribution in [-0.2, 0) is 9.53 Å². The van der Waals surface area contributed by atoms with E-state index in [-0.39, 0.29) is 23.8 Å². The summed E-state index contributed by atoms with van der Waals surface area (Å²) in [5, 5.41) is 4.93. The molecule has 0 spiro atoms. The Bertz CT molecular complexity index is 485. The zero-order valence-corrected chi connectivity index (χ0v) is 11.6. The minimum absolute atomic E-state index is 0.0548. The number of carbonyl (C=O) groups is 2. The van der Waals surface area contributed by atoms with E-state index in [4.69, 9.17) is 4.74 Å². The molecule has 4 nitrogen and oxygen atoms in total. The number of fused-ring (bicyclic) bond motifs is 2. The van der Waals surface area contributed by atoms with Gasteiger partial charge in [-0.05, 0) is 42.5 Å². The van der Waals surface area contributed by atoms with E-state index >= 15 is 0 Å². The molecule has 0 aromatic carbocycles. The van der Waals surface area contributed by atoms with Crippen LogP contribution in [0.2, 0.25) is 0 Å². The van der Waals surface area contributed by atoms with E-state index in [1.165, 1.54) is 18.4 Å². The second kappa shape index (κ2) is 4.96. The molecule has 2 aliphatic carbocycles. The molecule has 2 fully saturated rings. The van der Waals surface area contributed by atoms with Gasteiger partial charge < -0.3 is 10.1 Å². The van der Waals surface area contributed by atoms with Crippen molar-refractivity contribution in [2.24, 2.45) is 17.8 Å². The van der Waals surface area contributed by atoms with Crippen molar-refractivity contribution in [3.63, 3.8) is 0 Å². The summed E-state index contributed by atoms with van der Waals surface area (Å²) in [6.07, 6.45) is 3.22. The van der Waals surface area contributed by atoms with Gasteiger partial charge in [-0.2, -0.15) is 0 Å². The Morgan fingerprint density at radius 1 is 1.37 bits per heavy atom. The number of rotatable bonds is 3. The smallest absolute Gasteiger partial charge is 0.311 e. The predicted molar refractivity (Wildman–Crippen MR) is 71.9 cm³/mol. The Balaban J connectivity index is 1.75. The van der Waals surface area contributed by atoms with Crippen molar-refractivity contribution in [3.05, 3.63) is 22.4 Å². The molecule has 3 rings (SSSR count). The lowest BCUT2D eigenvalue weighted by molar-refractivity contribution is -0.148. The van der Waals surface area contributed by atoms with Crippen molar-refractivity contribution in [1.29, 1.82) is 0 Å². The van der Waals surface area contributed by atoms with Crippen molar-refractivity contribution in [2.75, 3.05) is 7.11 Å². The van der Waals surface area contributed by atoms with Gasteiger partial charge in [0.1, 0.15) is 0 Å². The van der Waals surface area contributed by atoms with E-state index in [1.54, 1.807) is 6.07 Å². The fourth-order valence-electron chi connectivity index (χ4n) is 3.60. The molecule has 0 aliphatic heterocycles. The highest BCUT2D eigenvalue weighted by Gasteiger charge is 2.52. The van der Waals surface area contributed by atoms with Crippen LogP contribution in [0.15, 0.2) is 17.5 Å². The van der Waals surface area contributed by atoms with Gasteiger partial charge in [0.25, 0.3) is 5.91 Å². The van der Waals surface area contributed by atoms with E-state index < -0.39 is 0 Å². The molecule has 0 radical (unpaired) electrons. The van der Waals surface area contributed by atoms with Crippen molar-refractivity contribution in [2.45, 2.75) is 25.3 Å². The zero-order chi connectivity index (χ0) is 13.4. The number of esters is 1. The predicted octanol–water partition coefficient (Wildman–Crippen LogP) is 2.07. The number of amides is 1. The van der Waals surface area contributed by atoms with Crippen LogP contribution in [0.1, 0.15) is 28.9 Å². The van der Waals surface area contributed by atoms with Crippen LogP contribution in [0.5, 0.6) is 0 Å². The van der Waals surface area contributed by atoms with Crippen LogP contribution >= 0.6 is 11.3 Å². The molecule has 2 saturated carbocycles. The molecule has 1 aromatic heterocycles. The number of carbonyl (C=O) groups excluding carboxylic acids is 2. The van der Waals surface area contributed by atoms with Crippen LogP contribution in [-0.4, -0.2) is 25.0 Å². The number of thiophene rings is 1. The molecule has 1 amide bonds. The molecule has 1 N–H and O–H groups in total. The number of hydrogen-bond acceptors (Lipinski definition) is 4. The Hall–Kier alpha value is -1.36. The maximum Gasteiger partial charge on any atom is 0.311 e. The van der Waals surface area contributed by atoms with Crippen molar-refractivity contribution in [1.82, 2.24) is 5.32 Å². The minimum Gasteiger partial charge on any atom is -0.469 e. The Morgan fingerprint density at radius 2 is 2.16 bits per heavy atom. The average molecular weight is 279 g/mol. The molecular weight excluding hydrogens is 262 g/mol. The lowest BCUT2D eigenvalue weighted by Gasteiger charge is -2.29. The van der Waals surface area contributed by atoms with E-state index in [0.717, 1.165) is 19.3 Å². The van der Waals surface area contributed by atoms with E-state index in [9.17, 15) is 9.59 Å². The zero-order valence-electron chi connectivity index (χ0n) is 10.8. The molecule has 4 atom stereocenters. The number of ether oxygens (including phenoxy) is 1.